The van der Waals surface area contributed by atoms with E-state index in [2.05, 4.69) is 15.3 Å². The van der Waals surface area contributed by atoms with Gasteiger partial charge in [0.05, 0.1) is 23.9 Å². The molecule has 0 aliphatic carbocycles. The van der Waals surface area contributed by atoms with Crippen LogP contribution in [0.5, 0.6) is 5.75 Å². The number of carbonyl (C=O) groups excluding carboxylic acids is 4. The molecule has 2 N–H and O–H groups in total. The number of likely N-dealkylation sites (tertiary alicyclic amines) is 1. The van der Waals surface area contributed by atoms with Gasteiger partial charge in [-0.25, -0.2) is 9.78 Å². The fourth-order valence-corrected chi connectivity index (χ4v) is 5.85. The van der Waals surface area contributed by atoms with E-state index >= 15 is 0 Å². The van der Waals surface area contributed by atoms with E-state index in [1.54, 1.807) is 42.3 Å². The smallest absolute Gasteiger partial charge is 0.409 e. The van der Waals surface area contributed by atoms with Gasteiger partial charge < -0.3 is 34.6 Å². The van der Waals surface area contributed by atoms with E-state index in [-0.39, 0.29) is 75.6 Å². The molecule has 0 saturated carbocycles. The molecule has 0 bridgehead atoms. The Bertz CT molecular complexity index is 1610. The summed E-state index contributed by atoms with van der Waals surface area (Å²) < 4.78 is 11.0. The van der Waals surface area contributed by atoms with Crippen LogP contribution in [0.25, 0.3) is 10.9 Å². The van der Waals surface area contributed by atoms with Crippen molar-refractivity contribution in [1.29, 1.82) is 0 Å². The standard InChI is InChI=1S/C33H38N6O8/c1-2-46-33(45)38-18-16-37(17-19-38)32(44)25(12-13-30(41)42)36-31(43)26-20-28(22-8-3-4-9-23(22)35-26)47-21-29(40)39-15-7-11-27(39)24-10-5-6-14-34-24/h3-6,8-10,14,20,25,27H,2,7,11-13,15-19,21H2,1H3,(H,36,43)(H,41,42)/t25?,27-/m0/s1. The van der Waals surface area contributed by atoms with Crippen LogP contribution in [0.4, 0.5) is 4.79 Å². The van der Waals surface area contributed by atoms with Crippen molar-refractivity contribution >= 4 is 40.7 Å². The summed E-state index contributed by atoms with van der Waals surface area (Å²) in [6.07, 6.45) is 2.39. The normalized spacial score (nSPS) is 16.9. The molecule has 4 heterocycles. The van der Waals surface area contributed by atoms with Crippen molar-refractivity contribution in [2.24, 2.45) is 0 Å². The Morgan fingerprint density at radius 2 is 1.74 bits per heavy atom. The maximum absolute atomic E-state index is 13.5. The number of hydrogen-bond donors (Lipinski definition) is 2. The Kier molecular flexibility index (Phi) is 10.8. The number of aliphatic carboxylic acids is 1. The Balaban J connectivity index is 1.30. The van der Waals surface area contributed by atoms with Gasteiger partial charge in [-0.3, -0.25) is 24.2 Å². The monoisotopic (exact) mass is 646 g/mol. The molecule has 2 aromatic heterocycles. The molecule has 14 heteroatoms. The Morgan fingerprint density at radius 3 is 2.47 bits per heavy atom. The molecule has 2 atom stereocenters. The number of para-hydroxylation sites is 1. The Hall–Kier alpha value is -5.27. The van der Waals surface area contributed by atoms with Gasteiger partial charge in [-0.1, -0.05) is 18.2 Å². The second kappa shape index (κ2) is 15.3. The number of rotatable bonds is 11. The van der Waals surface area contributed by atoms with Gasteiger partial charge in [0.1, 0.15) is 17.5 Å². The van der Waals surface area contributed by atoms with Gasteiger partial charge in [-0.2, -0.15) is 0 Å². The first kappa shape index (κ1) is 33.1. The number of carboxylic acids is 1. The van der Waals surface area contributed by atoms with Crippen molar-refractivity contribution in [1.82, 2.24) is 30.0 Å². The van der Waals surface area contributed by atoms with Gasteiger partial charge in [-0.05, 0) is 50.5 Å². The number of nitrogens with one attached hydrogen (secondary N) is 1. The minimum Gasteiger partial charge on any atom is -0.483 e. The second-order valence-electron chi connectivity index (χ2n) is 11.3. The molecule has 2 fully saturated rings. The quantitative estimate of drug-likeness (QED) is 0.316. The van der Waals surface area contributed by atoms with Gasteiger partial charge in [0.2, 0.25) is 5.91 Å². The number of ether oxygens (including phenoxy) is 2. The van der Waals surface area contributed by atoms with Crippen LogP contribution in [-0.2, 0) is 19.1 Å². The van der Waals surface area contributed by atoms with Gasteiger partial charge >= 0.3 is 12.1 Å². The highest BCUT2D eigenvalue weighted by molar-refractivity contribution is 5.99. The van der Waals surface area contributed by atoms with Crippen LogP contribution < -0.4 is 10.1 Å². The molecule has 2 aliphatic rings. The zero-order valence-corrected chi connectivity index (χ0v) is 26.2. The maximum Gasteiger partial charge on any atom is 0.409 e. The first-order valence-corrected chi connectivity index (χ1v) is 15.7. The highest BCUT2D eigenvalue weighted by atomic mass is 16.6. The van der Waals surface area contributed by atoms with Crippen molar-refractivity contribution < 1.29 is 38.6 Å². The van der Waals surface area contributed by atoms with Gasteiger partial charge in [0.15, 0.2) is 6.61 Å². The lowest BCUT2D eigenvalue weighted by molar-refractivity contribution is -0.138. The van der Waals surface area contributed by atoms with Crippen molar-refractivity contribution in [2.75, 3.05) is 45.9 Å². The number of aromatic nitrogens is 2. The average Bonchev–Trinajstić information content (AvgIpc) is 3.59. The van der Waals surface area contributed by atoms with E-state index in [1.807, 2.05) is 18.2 Å². The minimum absolute atomic E-state index is 0.0565. The van der Waals surface area contributed by atoms with Crippen LogP contribution in [0.2, 0.25) is 0 Å². The van der Waals surface area contributed by atoms with Crippen molar-refractivity contribution in [3.8, 4) is 5.75 Å². The summed E-state index contributed by atoms with van der Waals surface area (Å²) in [5, 5.41) is 12.6. The SMILES string of the molecule is CCOC(=O)N1CCN(C(=O)C(CCC(=O)O)NC(=O)c2cc(OCC(=O)N3CCC[C@H]3c3ccccn3)c3ccccc3n2)CC1. The summed E-state index contributed by atoms with van der Waals surface area (Å²) in [5.41, 5.74) is 1.21. The zero-order valence-electron chi connectivity index (χ0n) is 26.2. The van der Waals surface area contributed by atoms with E-state index in [9.17, 15) is 29.1 Å². The predicted octanol–water partition coefficient (Wildman–Crippen LogP) is 2.64. The van der Waals surface area contributed by atoms with Crippen LogP contribution >= 0.6 is 0 Å². The van der Waals surface area contributed by atoms with E-state index < -0.39 is 29.9 Å². The number of hydrogen-bond acceptors (Lipinski definition) is 9. The number of fused-ring (bicyclic) bond motifs is 1. The number of carboxylic acid groups (broad SMARTS) is 1. The summed E-state index contributed by atoms with van der Waals surface area (Å²) in [6.45, 7) is 3.16. The van der Waals surface area contributed by atoms with E-state index in [0.717, 1.165) is 18.5 Å². The molecule has 0 spiro atoms. The molecule has 4 amide bonds. The van der Waals surface area contributed by atoms with E-state index in [4.69, 9.17) is 9.47 Å². The molecule has 3 aromatic rings. The summed E-state index contributed by atoms with van der Waals surface area (Å²) in [4.78, 5) is 77.4. The molecule has 1 aromatic carbocycles. The number of piperazine rings is 1. The summed E-state index contributed by atoms with van der Waals surface area (Å²) in [5.74, 6) is -2.22. The zero-order chi connectivity index (χ0) is 33.3. The molecule has 2 aliphatic heterocycles. The largest absolute Gasteiger partial charge is 0.483 e. The topological polar surface area (TPSA) is 172 Å². The molecule has 1 unspecified atom stereocenters. The van der Waals surface area contributed by atoms with Crippen LogP contribution in [-0.4, -0.2) is 112 Å². The first-order chi connectivity index (χ1) is 22.7. The minimum atomic E-state index is -1.15. The molecular formula is C33H38N6O8. The molecule has 248 valence electrons. The summed E-state index contributed by atoms with van der Waals surface area (Å²) in [6, 6.07) is 12.8. The number of pyridine rings is 2. The number of benzene rings is 1. The molecule has 47 heavy (non-hydrogen) atoms. The van der Waals surface area contributed by atoms with Crippen LogP contribution in [0.1, 0.15) is 54.8 Å². The lowest BCUT2D eigenvalue weighted by Crippen LogP contribution is -2.56. The average molecular weight is 647 g/mol. The highest BCUT2D eigenvalue weighted by Gasteiger charge is 2.33. The third-order valence-electron chi connectivity index (χ3n) is 8.23. The number of carbonyl (C=O) groups is 5. The molecule has 5 rings (SSSR count). The van der Waals surface area contributed by atoms with Gasteiger partial charge in [0, 0.05) is 56.8 Å². The molecule has 0 radical (unpaired) electrons. The Labute approximate surface area is 271 Å². The maximum atomic E-state index is 13.5. The van der Waals surface area contributed by atoms with Crippen LogP contribution in [0, 0.1) is 0 Å². The second-order valence-corrected chi connectivity index (χ2v) is 11.3. The first-order valence-electron chi connectivity index (χ1n) is 15.7. The fourth-order valence-electron chi connectivity index (χ4n) is 5.85. The van der Waals surface area contributed by atoms with Gasteiger partial charge in [-0.15, -0.1) is 0 Å². The van der Waals surface area contributed by atoms with Crippen molar-refractivity contribution in [3.05, 3.63) is 66.1 Å². The highest BCUT2D eigenvalue weighted by Crippen LogP contribution is 2.31. The predicted molar refractivity (Wildman–Crippen MR) is 168 cm³/mol. The Morgan fingerprint density at radius 1 is 1.00 bits per heavy atom. The molecule has 2 saturated heterocycles. The van der Waals surface area contributed by atoms with Crippen LogP contribution in [0.3, 0.4) is 0 Å². The number of amides is 4. The van der Waals surface area contributed by atoms with E-state index in [1.165, 1.54) is 15.9 Å². The summed E-state index contributed by atoms with van der Waals surface area (Å²) in [7, 11) is 0. The summed E-state index contributed by atoms with van der Waals surface area (Å²) >= 11 is 0. The number of nitrogens with zero attached hydrogens (tertiary/aromatic N) is 5. The van der Waals surface area contributed by atoms with Crippen LogP contribution in [0.15, 0.2) is 54.7 Å². The third kappa shape index (κ3) is 8.12. The molecule has 14 nitrogen and oxygen atoms in total. The van der Waals surface area contributed by atoms with Crippen molar-refractivity contribution in [3.63, 3.8) is 0 Å². The van der Waals surface area contributed by atoms with E-state index in [0.29, 0.717) is 17.4 Å². The third-order valence-corrected chi connectivity index (χ3v) is 8.23. The lowest BCUT2D eigenvalue weighted by Gasteiger charge is -2.35. The van der Waals surface area contributed by atoms with Crippen molar-refractivity contribution in [2.45, 2.75) is 44.7 Å². The fraction of sp³-hybridized carbons (Fsp3) is 0.424. The lowest BCUT2D eigenvalue weighted by atomic mass is 10.1. The molecular weight excluding hydrogens is 608 g/mol. The van der Waals surface area contributed by atoms with Gasteiger partial charge in [0.25, 0.3) is 11.8 Å².